The Morgan fingerprint density at radius 1 is 1.00 bits per heavy atom. The molecule has 0 aromatic heterocycles. The van der Waals surface area contributed by atoms with Crippen LogP contribution < -0.4 is 10.2 Å². The van der Waals surface area contributed by atoms with Gasteiger partial charge in [-0.1, -0.05) is 43.5 Å². The minimum atomic E-state index is -1.54. The number of aliphatic carboxylic acids is 2. The number of benzene rings is 1. The molecule has 0 N–H and O–H groups in total. The van der Waals surface area contributed by atoms with Crippen molar-refractivity contribution in [3.63, 3.8) is 0 Å². The fourth-order valence-corrected chi connectivity index (χ4v) is 2.75. The molecule has 0 amide bonds. The summed E-state index contributed by atoms with van der Waals surface area (Å²) < 4.78 is 0. The van der Waals surface area contributed by atoms with Gasteiger partial charge in [0.05, 0.1) is 11.9 Å². The molecular weight excluding hydrogens is 296 g/mol. The summed E-state index contributed by atoms with van der Waals surface area (Å²) in [5.41, 5.74) is 1.15. The maximum Gasteiger partial charge on any atom is 2.00 e. The second kappa shape index (κ2) is 8.57. The van der Waals surface area contributed by atoms with Gasteiger partial charge in [-0.3, -0.25) is 0 Å². The van der Waals surface area contributed by atoms with Gasteiger partial charge in [0.25, 0.3) is 0 Å². The van der Waals surface area contributed by atoms with Crippen LogP contribution in [0, 0.1) is 0 Å². The number of rotatable bonds is 4. The minimum Gasteiger partial charge on any atom is -0.545 e. The minimum absolute atomic E-state index is 0. The maximum absolute atomic E-state index is 11.0. The van der Waals surface area contributed by atoms with Crippen LogP contribution in [0.1, 0.15) is 49.1 Å². The summed E-state index contributed by atoms with van der Waals surface area (Å²) in [6, 6.07) is 7.01. The van der Waals surface area contributed by atoms with Gasteiger partial charge < -0.3 is 19.8 Å². The van der Waals surface area contributed by atoms with E-state index in [0.717, 1.165) is 12.8 Å². The first-order valence-electron chi connectivity index (χ1n) is 6.82. The van der Waals surface area contributed by atoms with Crippen molar-refractivity contribution in [3.05, 3.63) is 41.5 Å². The van der Waals surface area contributed by atoms with E-state index >= 15 is 0 Å². The fourth-order valence-electron chi connectivity index (χ4n) is 2.75. The SMILES string of the molecule is O=C([O-])/C=C(\C(=O)[O-])c1ccc(C2CCCCC2)cc1.[Ca+2]. The van der Waals surface area contributed by atoms with Gasteiger partial charge in [0.1, 0.15) is 0 Å². The van der Waals surface area contributed by atoms with Crippen LogP contribution in [0.2, 0.25) is 0 Å². The van der Waals surface area contributed by atoms with Crippen molar-refractivity contribution in [3.8, 4) is 0 Å². The van der Waals surface area contributed by atoms with Gasteiger partial charge in [-0.25, -0.2) is 0 Å². The molecule has 1 aliphatic rings. The molecule has 2 rings (SSSR count). The van der Waals surface area contributed by atoms with E-state index in [0.29, 0.717) is 17.6 Å². The Morgan fingerprint density at radius 3 is 2.05 bits per heavy atom. The van der Waals surface area contributed by atoms with Crippen LogP contribution in [0.3, 0.4) is 0 Å². The van der Waals surface area contributed by atoms with Gasteiger partial charge in [0, 0.05) is 5.57 Å². The van der Waals surface area contributed by atoms with Gasteiger partial charge in [-0.05, 0) is 36.0 Å². The van der Waals surface area contributed by atoms with Crippen molar-refractivity contribution < 1.29 is 19.8 Å². The topological polar surface area (TPSA) is 80.3 Å². The molecule has 1 aliphatic carbocycles. The molecule has 0 heterocycles. The number of carbonyl (C=O) groups is 2. The maximum atomic E-state index is 11.0. The van der Waals surface area contributed by atoms with E-state index in [1.807, 2.05) is 12.1 Å². The molecule has 21 heavy (non-hydrogen) atoms. The van der Waals surface area contributed by atoms with E-state index in [-0.39, 0.29) is 43.3 Å². The van der Waals surface area contributed by atoms with Crippen LogP contribution in [0.25, 0.3) is 5.57 Å². The quantitative estimate of drug-likeness (QED) is 0.589. The van der Waals surface area contributed by atoms with Crippen LogP contribution in [-0.2, 0) is 9.59 Å². The summed E-state index contributed by atoms with van der Waals surface area (Å²) in [7, 11) is 0. The molecule has 0 atom stereocenters. The molecule has 4 nitrogen and oxygen atoms in total. The van der Waals surface area contributed by atoms with Gasteiger partial charge in [0.15, 0.2) is 0 Å². The summed E-state index contributed by atoms with van der Waals surface area (Å²) in [4.78, 5) is 21.5. The van der Waals surface area contributed by atoms with Crippen LogP contribution in [-0.4, -0.2) is 49.7 Å². The second-order valence-electron chi connectivity index (χ2n) is 5.12. The Hall–Kier alpha value is -0.840. The standard InChI is InChI=1S/C16H18O4.Ca/c17-15(18)10-14(16(19)20)13-8-6-12(7-9-13)11-4-2-1-3-5-11;/h6-11H,1-5H2,(H,17,18)(H,19,20);/q;+2/p-2/b14-10-;. The number of carboxylic acid groups (broad SMARTS) is 2. The Labute approximate surface area is 153 Å². The molecule has 0 bridgehead atoms. The molecule has 1 saturated carbocycles. The molecule has 5 heteroatoms. The summed E-state index contributed by atoms with van der Waals surface area (Å²) in [6.07, 6.45) is 6.59. The first-order valence-corrected chi connectivity index (χ1v) is 6.82. The number of hydrogen-bond acceptors (Lipinski definition) is 4. The van der Waals surface area contributed by atoms with Gasteiger partial charge in [0.2, 0.25) is 0 Å². The van der Waals surface area contributed by atoms with Crippen LogP contribution >= 0.6 is 0 Å². The van der Waals surface area contributed by atoms with E-state index in [2.05, 4.69) is 0 Å². The van der Waals surface area contributed by atoms with Crippen LogP contribution in [0.5, 0.6) is 0 Å². The third-order valence-electron chi connectivity index (χ3n) is 3.78. The molecule has 0 unspecified atom stereocenters. The molecule has 0 radical (unpaired) electrons. The largest absolute Gasteiger partial charge is 2.00 e. The molecular formula is C16H16CaO4. The van der Waals surface area contributed by atoms with Crippen molar-refractivity contribution in [1.82, 2.24) is 0 Å². The van der Waals surface area contributed by atoms with Crippen molar-refractivity contribution in [2.75, 3.05) is 0 Å². The summed E-state index contributed by atoms with van der Waals surface area (Å²) in [5.74, 6) is -2.53. The van der Waals surface area contributed by atoms with Gasteiger partial charge in [-0.2, -0.15) is 0 Å². The molecule has 0 aliphatic heterocycles. The molecule has 106 valence electrons. The Balaban J connectivity index is 0.00000220. The van der Waals surface area contributed by atoms with E-state index in [1.165, 1.54) is 24.8 Å². The molecule has 0 saturated heterocycles. The van der Waals surface area contributed by atoms with E-state index in [1.54, 1.807) is 12.1 Å². The predicted molar refractivity (Wildman–Crippen MR) is 76.0 cm³/mol. The molecule has 0 spiro atoms. The monoisotopic (exact) mass is 312 g/mol. The molecule has 1 fully saturated rings. The Morgan fingerprint density at radius 2 is 1.57 bits per heavy atom. The van der Waals surface area contributed by atoms with Crippen molar-refractivity contribution in [2.24, 2.45) is 0 Å². The first kappa shape index (κ1) is 18.2. The van der Waals surface area contributed by atoms with Crippen molar-refractivity contribution >= 4 is 55.2 Å². The summed E-state index contributed by atoms with van der Waals surface area (Å²) >= 11 is 0. The average Bonchev–Trinajstić information content (AvgIpc) is 2.45. The molecule has 1 aromatic carbocycles. The Bertz CT molecular complexity index is 528. The predicted octanol–water partition coefficient (Wildman–Crippen LogP) is 0.237. The van der Waals surface area contributed by atoms with Crippen molar-refractivity contribution in [1.29, 1.82) is 0 Å². The zero-order valence-corrected chi connectivity index (χ0v) is 14.0. The zero-order chi connectivity index (χ0) is 14.5. The van der Waals surface area contributed by atoms with Gasteiger partial charge in [-0.15, -0.1) is 0 Å². The number of carbonyl (C=O) groups excluding carboxylic acids is 2. The molecule has 1 aromatic rings. The van der Waals surface area contributed by atoms with Crippen LogP contribution in [0.4, 0.5) is 0 Å². The normalized spacial score (nSPS) is 16.1. The first-order chi connectivity index (χ1) is 9.58. The second-order valence-corrected chi connectivity index (χ2v) is 5.12. The van der Waals surface area contributed by atoms with Crippen molar-refractivity contribution in [2.45, 2.75) is 38.0 Å². The number of carboxylic acids is 2. The van der Waals surface area contributed by atoms with E-state index in [9.17, 15) is 19.8 Å². The van der Waals surface area contributed by atoms with Gasteiger partial charge >= 0.3 is 37.7 Å². The number of hydrogen-bond donors (Lipinski definition) is 0. The van der Waals surface area contributed by atoms with Crippen LogP contribution in [0.15, 0.2) is 30.3 Å². The average molecular weight is 312 g/mol. The van der Waals surface area contributed by atoms with E-state index in [4.69, 9.17) is 0 Å². The zero-order valence-electron chi connectivity index (χ0n) is 11.8. The van der Waals surface area contributed by atoms with E-state index < -0.39 is 11.9 Å². The smallest absolute Gasteiger partial charge is 0.545 e. The summed E-state index contributed by atoms with van der Waals surface area (Å²) in [5, 5.41) is 21.5. The fraction of sp³-hybridized carbons (Fsp3) is 0.375. The third-order valence-corrected chi connectivity index (χ3v) is 3.78. The summed E-state index contributed by atoms with van der Waals surface area (Å²) in [6.45, 7) is 0. The Kier molecular flexibility index (Phi) is 7.43. The third kappa shape index (κ3) is 5.13.